The third-order valence-electron chi connectivity index (χ3n) is 7.12. The van der Waals surface area contributed by atoms with Crippen molar-refractivity contribution >= 4 is 35.0 Å². The number of carbonyl (C=O) groups is 4. The molecule has 4 bridgehead atoms. The second-order valence-electron chi connectivity index (χ2n) is 10.7. The Hall–Kier alpha value is -4.66. The Kier molecular flexibility index (Phi) is 9.39. The highest BCUT2D eigenvalue weighted by atomic mass is 16.2. The SMILES string of the molecule is Cc1ccc2cc1CNC(=O)[C@H](C)NC(=O)[C@H](C(C)C)NC(=O)[C@H](Cc1ccccc1)NC(=O)c1cccc(c1)N2. The first-order chi connectivity index (χ1) is 19.6. The summed E-state index contributed by atoms with van der Waals surface area (Å²) in [7, 11) is 0. The lowest BCUT2D eigenvalue weighted by Gasteiger charge is -2.26. The maximum Gasteiger partial charge on any atom is 0.252 e. The molecule has 41 heavy (non-hydrogen) atoms. The summed E-state index contributed by atoms with van der Waals surface area (Å²) in [4.78, 5) is 53.1. The third kappa shape index (κ3) is 7.72. The van der Waals surface area contributed by atoms with Gasteiger partial charge in [0.2, 0.25) is 17.7 Å². The molecule has 0 spiro atoms. The van der Waals surface area contributed by atoms with Gasteiger partial charge in [0.05, 0.1) is 0 Å². The average molecular weight is 556 g/mol. The number of hydrogen-bond acceptors (Lipinski definition) is 5. The topological polar surface area (TPSA) is 128 Å². The molecule has 1 heterocycles. The molecule has 4 amide bonds. The molecule has 0 radical (unpaired) electrons. The van der Waals surface area contributed by atoms with Crippen LogP contribution in [0.15, 0.2) is 72.8 Å². The molecule has 214 valence electrons. The van der Waals surface area contributed by atoms with E-state index >= 15 is 0 Å². The summed E-state index contributed by atoms with van der Waals surface area (Å²) in [5.74, 6) is -2.00. The van der Waals surface area contributed by atoms with E-state index in [0.29, 0.717) is 11.3 Å². The largest absolute Gasteiger partial charge is 0.355 e. The van der Waals surface area contributed by atoms with E-state index in [0.717, 1.165) is 22.4 Å². The van der Waals surface area contributed by atoms with Crippen molar-refractivity contribution in [1.82, 2.24) is 21.3 Å². The van der Waals surface area contributed by atoms with E-state index in [2.05, 4.69) is 26.6 Å². The minimum absolute atomic E-state index is 0.230. The molecular weight excluding hydrogens is 518 g/mol. The summed E-state index contributed by atoms with van der Waals surface area (Å²) in [5.41, 5.74) is 4.63. The number of anilines is 2. The van der Waals surface area contributed by atoms with Gasteiger partial charge in [0, 0.05) is 29.9 Å². The maximum absolute atomic E-state index is 13.6. The summed E-state index contributed by atoms with van der Waals surface area (Å²) in [5, 5.41) is 14.6. The van der Waals surface area contributed by atoms with E-state index < -0.39 is 35.8 Å². The fraction of sp³-hybridized carbons (Fsp3) is 0.312. The first-order valence-corrected chi connectivity index (χ1v) is 13.8. The van der Waals surface area contributed by atoms with Gasteiger partial charge in [-0.1, -0.05) is 56.3 Å². The Bertz CT molecular complexity index is 1420. The zero-order valence-electron chi connectivity index (χ0n) is 23.8. The molecule has 0 aliphatic carbocycles. The molecule has 0 saturated heterocycles. The highest BCUT2D eigenvalue weighted by molar-refractivity contribution is 5.99. The zero-order valence-corrected chi connectivity index (χ0v) is 23.8. The predicted octanol–water partition coefficient (Wildman–Crippen LogP) is 3.36. The Morgan fingerprint density at radius 2 is 1.51 bits per heavy atom. The summed E-state index contributed by atoms with van der Waals surface area (Å²) >= 11 is 0. The van der Waals surface area contributed by atoms with Gasteiger partial charge in [0.15, 0.2) is 0 Å². The Labute approximate surface area is 240 Å². The van der Waals surface area contributed by atoms with Crippen LogP contribution in [0.4, 0.5) is 11.4 Å². The van der Waals surface area contributed by atoms with E-state index in [1.54, 1.807) is 25.1 Å². The number of benzene rings is 3. The van der Waals surface area contributed by atoms with E-state index in [9.17, 15) is 19.2 Å². The number of amides is 4. The fourth-order valence-electron chi connectivity index (χ4n) is 4.64. The van der Waals surface area contributed by atoms with Gasteiger partial charge in [0.1, 0.15) is 18.1 Å². The molecule has 5 N–H and O–H groups in total. The van der Waals surface area contributed by atoms with Gasteiger partial charge in [-0.05, 0) is 66.8 Å². The van der Waals surface area contributed by atoms with Gasteiger partial charge in [-0.3, -0.25) is 19.2 Å². The summed E-state index contributed by atoms with van der Waals surface area (Å²) in [6, 6.07) is 19.5. The second kappa shape index (κ2) is 13.1. The van der Waals surface area contributed by atoms with Gasteiger partial charge < -0.3 is 26.6 Å². The molecule has 9 nitrogen and oxygen atoms in total. The van der Waals surface area contributed by atoms with Crippen molar-refractivity contribution in [1.29, 1.82) is 0 Å². The van der Waals surface area contributed by atoms with Crippen LogP contribution in [-0.4, -0.2) is 41.8 Å². The highest BCUT2D eigenvalue weighted by Gasteiger charge is 2.30. The van der Waals surface area contributed by atoms with Crippen molar-refractivity contribution in [2.75, 3.05) is 5.32 Å². The predicted molar refractivity (Wildman–Crippen MR) is 159 cm³/mol. The molecule has 4 rings (SSSR count). The van der Waals surface area contributed by atoms with Gasteiger partial charge in [-0.15, -0.1) is 0 Å². The Morgan fingerprint density at radius 1 is 0.780 bits per heavy atom. The standard InChI is InChI=1S/C32H37N5O4/c1-19(2)28-32(41)34-21(4)29(38)33-18-24-17-26(14-13-20(24)3)35-25-12-8-11-23(16-25)30(39)36-27(31(40)37-28)15-22-9-6-5-7-10-22/h5-14,16-17,19,21,27-28,35H,15,18H2,1-4H3,(H,33,38)(H,34,41)(H,36,39)(H,37,40)/t21-,27-,28-/m0/s1. The van der Waals surface area contributed by atoms with Crippen LogP contribution >= 0.6 is 0 Å². The molecule has 0 fully saturated rings. The number of aryl methyl sites for hydroxylation is 1. The Morgan fingerprint density at radius 3 is 2.24 bits per heavy atom. The fourth-order valence-corrected chi connectivity index (χ4v) is 4.64. The van der Waals surface area contributed by atoms with Crippen LogP contribution in [-0.2, 0) is 27.3 Å². The summed E-state index contributed by atoms with van der Waals surface area (Å²) < 4.78 is 0. The van der Waals surface area contributed by atoms with Gasteiger partial charge >= 0.3 is 0 Å². The molecule has 3 atom stereocenters. The minimum atomic E-state index is -0.946. The third-order valence-corrected chi connectivity index (χ3v) is 7.12. The number of carbonyl (C=O) groups excluding carboxylic acids is 4. The van der Waals surface area contributed by atoms with Gasteiger partial charge in [-0.25, -0.2) is 0 Å². The van der Waals surface area contributed by atoms with Crippen molar-refractivity contribution < 1.29 is 19.2 Å². The smallest absolute Gasteiger partial charge is 0.252 e. The average Bonchev–Trinajstić information content (AvgIpc) is 2.95. The van der Waals surface area contributed by atoms with Crippen LogP contribution in [0.3, 0.4) is 0 Å². The number of fused-ring (bicyclic) bond motifs is 4. The van der Waals surface area contributed by atoms with Crippen LogP contribution in [0.1, 0.15) is 47.8 Å². The molecule has 1 aliphatic rings. The maximum atomic E-state index is 13.6. The van der Waals surface area contributed by atoms with E-state index in [4.69, 9.17) is 0 Å². The number of hydrogen-bond donors (Lipinski definition) is 5. The van der Waals surface area contributed by atoms with Crippen LogP contribution in [0.2, 0.25) is 0 Å². The van der Waals surface area contributed by atoms with Crippen LogP contribution < -0.4 is 26.6 Å². The van der Waals surface area contributed by atoms with Crippen LogP contribution in [0.5, 0.6) is 0 Å². The van der Waals surface area contributed by atoms with Crippen LogP contribution in [0, 0.1) is 12.8 Å². The monoisotopic (exact) mass is 555 g/mol. The molecule has 0 saturated carbocycles. The minimum Gasteiger partial charge on any atom is -0.355 e. The normalized spacial score (nSPS) is 20.4. The van der Waals surface area contributed by atoms with Crippen molar-refractivity contribution in [2.45, 2.75) is 58.8 Å². The molecule has 9 heteroatoms. The highest BCUT2D eigenvalue weighted by Crippen LogP contribution is 2.21. The van der Waals surface area contributed by atoms with E-state index in [1.807, 2.05) is 75.4 Å². The number of rotatable bonds is 3. The lowest BCUT2D eigenvalue weighted by Crippen LogP contribution is -2.58. The number of nitrogens with one attached hydrogen (secondary N) is 5. The van der Waals surface area contributed by atoms with Crippen molar-refractivity contribution in [3.05, 3.63) is 95.1 Å². The lowest BCUT2D eigenvalue weighted by atomic mass is 10.0. The van der Waals surface area contributed by atoms with Crippen LogP contribution in [0.25, 0.3) is 0 Å². The molecule has 3 aromatic rings. The zero-order chi connectivity index (χ0) is 29.5. The Balaban J connectivity index is 1.70. The van der Waals surface area contributed by atoms with Gasteiger partial charge in [-0.2, -0.15) is 0 Å². The van der Waals surface area contributed by atoms with Gasteiger partial charge in [0.25, 0.3) is 5.91 Å². The molecule has 3 aromatic carbocycles. The first-order valence-electron chi connectivity index (χ1n) is 13.8. The van der Waals surface area contributed by atoms with E-state index in [1.165, 1.54) is 0 Å². The molecule has 1 aliphatic heterocycles. The first kappa shape index (κ1) is 29.3. The summed E-state index contributed by atoms with van der Waals surface area (Å²) in [6.07, 6.45) is 0.230. The van der Waals surface area contributed by atoms with Crippen molar-refractivity contribution in [3.8, 4) is 0 Å². The quantitative estimate of drug-likeness (QED) is 0.339. The molecular formula is C32H37N5O4. The van der Waals surface area contributed by atoms with Crippen molar-refractivity contribution in [2.24, 2.45) is 5.92 Å². The molecule has 0 aromatic heterocycles. The molecule has 0 unspecified atom stereocenters. The lowest BCUT2D eigenvalue weighted by molar-refractivity contribution is -0.133. The van der Waals surface area contributed by atoms with E-state index in [-0.39, 0.29) is 24.8 Å². The second-order valence-corrected chi connectivity index (χ2v) is 10.7. The van der Waals surface area contributed by atoms with Crippen molar-refractivity contribution in [3.63, 3.8) is 0 Å². The summed E-state index contributed by atoms with van der Waals surface area (Å²) in [6.45, 7) is 7.45.